The van der Waals surface area contributed by atoms with Gasteiger partial charge in [0.25, 0.3) is 0 Å². The first-order chi connectivity index (χ1) is 9.40. The van der Waals surface area contributed by atoms with Crippen LogP contribution in [0.2, 0.25) is 0 Å². The van der Waals surface area contributed by atoms with E-state index in [0.717, 1.165) is 22.9 Å². The van der Waals surface area contributed by atoms with Crippen LogP contribution in [0, 0.1) is 0 Å². The molecule has 0 amide bonds. The molecule has 2 N–H and O–H groups in total. The summed E-state index contributed by atoms with van der Waals surface area (Å²) in [5.74, 6) is 0. The van der Waals surface area contributed by atoms with Crippen LogP contribution in [0.4, 0.5) is 0 Å². The summed E-state index contributed by atoms with van der Waals surface area (Å²) >= 11 is 1.60. The first-order valence-electron chi connectivity index (χ1n) is 6.15. The molecule has 0 aliphatic heterocycles. The van der Waals surface area contributed by atoms with E-state index in [1.54, 1.807) is 17.5 Å². The Hall–Kier alpha value is -1.34. The summed E-state index contributed by atoms with van der Waals surface area (Å²) in [6.07, 6.45) is 1.77. The summed E-state index contributed by atoms with van der Waals surface area (Å²) in [7, 11) is 0. The van der Waals surface area contributed by atoms with Crippen molar-refractivity contribution in [1.29, 1.82) is 0 Å². The van der Waals surface area contributed by atoms with E-state index in [1.165, 1.54) is 0 Å². The van der Waals surface area contributed by atoms with E-state index < -0.39 is 0 Å². The van der Waals surface area contributed by atoms with E-state index in [4.69, 9.17) is 9.84 Å². The van der Waals surface area contributed by atoms with Gasteiger partial charge in [0.1, 0.15) is 5.01 Å². The maximum absolute atomic E-state index is 8.55. The van der Waals surface area contributed by atoms with Gasteiger partial charge in [-0.05, 0) is 12.1 Å². The molecule has 0 spiro atoms. The highest BCUT2D eigenvalue weighted by atomic mass is 32.1. The van der Waals surface area contributed by atoms with Crippen LogP contribution in [0.5, 0.6) is 0 Å². The van der Waals surface area contributed by atoms with Gasteiger partial charge in [-0.3, -0.25) is 4.98 Å². The number of thiazole rings is 1. The van der Waals surface area contributed by atoms with Crippen LogP contribution in [0.25, 0.3) is 10.7 Å². The first-order valence-corrected chi connectivity index (χ1v) is 7.03. The third kappa shape index (κ3) is 4.68. The van der Waals surface area contributed by atoms with Gasteiger partial charge in [-0.25, -0.2) is 4.98 Å². The second kappa shape index (κ2) is 7.96. The summed E-state index contributed by atoms with van der Waals surface area (Å²) < 4.78 is 5.15. The van der Waals surface area contributed by atoms with Crippen LogP contribution in [0.1, 0.15) is 5.69 Å². The molecule has 0 atom stereocenters. The first kappa shape index (κ1) is 14.1. The molecule has 19 heavy (non-hydrogen) atoms. The predicted octanol–water partition coefficient (Wildman–Crippen LogP) is 1.30. The highest BCUT2D eigenvalue weighted by Crippen LogP contribution is 2.20. The van der Waals surface area contributed by atoms with Gasteiger partial charge in [-0.1, -0.05) is 6.07 Å². The number of nitrogens with one attached hydrogen (secondary N) is 1. The van der Waals surface area contributed by atoms with Crippen molar-refractivity contribution in [2.45, 2.75) is 6.54 Å². The van der Waals surface area contributed by atoms with E-state index in [1.807, 2.05) is 23.6 Å². The molecule has 2 heterocycles. The monoisotopic (exact) mass is 279 g/mol. The third-order valence-electron chi connectivity index (χ3n) is 2.40. The largest absolute Gasteiger partial charge is 0.394 e. The standard InChI is InChI=1S/C13H17N3O2S/c17-6-8-18-7-5-14-9-11-10-19-13(16-11)12-3-1-2-4-15-12/h1-4,10,14,17H,5-9H2. The molecule has 0 fully saturated rings. The maximum atomic E-state index is 8.55. The summed E-state index contributed by atoms with van der Waals surface area (Å²) in [6, 6.07) is 5.81. The fourth-order valence-corrected chi connectivity index (χ4v) is 2.32. The number of aliphatic hydroxyl groups is 1. The maximum Gasteiger partial charge on any atom is 0.142 e. The van der Waals surface area contributed by atoms with Gasteiger partial charge in [0.15, 0.2) is 0 Å². The fourth-order valence-electron chi connectivity index (χ4n) is 1.52. The molecule has 0 saturated heterocycles. The van der Waals surface area contributed by atoms with Crippen molar-refractivity contribution in [3.63, 3.8) is 0 Å². The normalized spacial score (nSPS) is 10.8. The van der Waals surface area contributed by atoms with E-state index in [2.05, 4.69) is 15.3 Å². The highest BCUT2D eigenvalue weighted by Gasteiger charge is 2.04. The van der Waals surface area contributed by atoms with Crippen LogP contribution in [-0.2, 0) is 11.3 Å². The molecule has 0 bridgehead atoms. The van der Waals surface area contributed by atoms with Crippen LogP contribution < -0.4 is 5.32 Å². The van der Waals surface area contributed by atoms with Gasteiger partial charge in [-0.2, -0.15) is 0 Å². The molecule has 0 aromatic carbocycles. The number of aromatic nitrogens is 2. The molecule has 0 saturated carbocycles. The minimum atomic E-state index is 0.0690. The van der Waals surface area contributed by atoms with Gasteiger partial charge in [0.05, 0.1) is 31.2 Å². The average Bonchev–Trinajstić information content (AvgIpc) is 2.92. The lowest BCUT2D eigenvalue weighted by molar-refractivity contribution is 0.0937. The molecule has 0 aliphatic rings. The lowest BCUT2D eigenvalue weighted by atomic mass is 10.3. The third-order valence-corrected chi connectivity index (χ3v) is 3.31. The molecule has 6 heteroatoms. The molecule has 2 aromatic rings. The second-order valence-corrected chi connectivity index (χ2v) is 4.73. The van der Waals surface area contributed by atoms with Crippen molar-refractivity contribution in [2.75, 3.05) is 26.4 Å². The van der Waals surface area contributed by atoms with E-state index >= 15 is 0 Å². The molecule has 2 rings (SSSR count). The number of pyridine rings is 1. The fraction of sp³-hybridized carbons (Fsp3) is 0.385. The average molecular weight is 279 g/mol. The Morgan fingerprint density at radius 2 is 2.26 bits per heavy atom. The number of hydrogen-bond donors (Lipinski definition) is 2. The van der Waals surface area contributed by atoms with E-state index in [-0.39, 0.29) is 6.61 Å². The van der Waals surface area contributed by atoms with E-state index in [0.29, 0.717) is 19.8 Å². The van der Waals surface area contributed by atoms with Crippen LogP contribution >= 0.6 is 11.3 Å². The van der Waals surface area contributed by atoms with Crippen molar-refractivity contribution in [2.24, 2.45) is 0 Å². The van der Waals surface area contributed by atoms with Crippen molar-refractivity contribution in [1.82, 2.24) is 15.3 Å². The minimum Gasteiger partial charge on any atom is -0.394 e. The zero-order valence-corrected chi connectivity index (χ0v) is 11.4. The molecular weight excluding hydrogens is 262 g/mol. The SMILES string of the molecule is OCCOCCNCc1csc(-c2ccccn2)n1. The Bertz CT molecular complexity index is 476. The van der Waals surface area contributed by atoms with Crippen molar-refractivity contribution < 1.29 is 9.84 Å². The molecule has 0 radical (unpaired) electrons. The quantitative estimate of drug-likeness (QED) is 0.713. The van der Waals surface area contributed by atoms with Gasteiger partial charge >= 0.3 is 0 Å². The Labute approximate surface area is 116 Å². The van der Waals surface area contributed by atoms with Gasteiger partial charge in [-0.15, -0.1) is 11.3 Å². The zero-order chi connectivity index (χ0) is 13.3. The van der Waals surface area contributed by atoms with Gasteiger partial charge in [0, 0.05) is 24.7 Å². The number of nitrogens with zero attached hydrogens (tertiary/aromatic N) is 2. The molecule has 102 valence electrons. The van der Waals surface area contributed by atoms with Gasteiger partial charge < -0.3 is 15.2 Å². The van der Waals surface area contributed by atoms with Crippen LogP contribution in [-0.4, -0.2) is 41.4 Å². The van der Waals surface area contributed by atoms with E-state index in [9.17, 15) is 0 Å². The summed E-state index contributed by atoms with van der Waals surface area (Å²) in [4.78, 5) is 8.80. The summed E-state index contributed by atoms with van der Waals surface area (Å²) in [5, 5.41) is 14.8. The van der Waals surface area contributed by atoms with Crippen LogP contribution in [0.15, 0.2) is 29.8 Å². The molecule has 5 nitrogen and oxygen atoms in total. The smallest absolute Gasteiger partial charge is 0.142 e. The Morgan fingerprint density at radius 3 is 3.05 bits per heavy atom. The number of hydrogen-bond acceptors (Lipinski definition) is 6. The van der Waals surface area contributed by atoms with Gasteiger partial charge in [0.2, 0.25) is 0 Å². The zero-order valence-electron chi connectivity index (χ0n) is 10.6. The number of rotatable bonds is 8. The van der Waals surface area contributed by atoms with Crippen molar-refractivity contribution in [3.05, 3.63) is 35.5 Å². The lowest BCUT2D eigenvalue weighted by Gasteiger charge is -2.03. The number of ether oxygens (including phenoxy) is 1. The topological polar surface area (TPSA) is 67.3 Å². The molecule has 0 aliphatic carbocycles. The second-order valence-electron chi connectivity index (χ2n) is 3.87. The minimum absolute atomic E-state index is 0.0690. The van der Waals surface area contributed by atoms with Crippen LogP contribution in [0.3, 0.4) is 0 Å². The highest BCUT2D eigenvalue weighted by molar-refractivity contribution is 7.13. The Balaban J connectivity index is 1.75. The molecule has 0 unspecified atom stereocenters. The molecule has 2 aromatic heterocycles. The molecular formula is C13H17N3O2S. The van der Waals surface area contributed by atoms with Crippen molar-refractivity contribution >= 4 is 11.3 Å². The summed E-state index contributed by atoms with van der Waals surface area (Å²) in [6.45, 7) is 2.52. The lowest BCUT2D eigenvalue weighted by Crippen LogP contribution is -2.20. The summed E-state index contributed by atoms with van der Waals surface area (Å²) in [5.41, 5.74) is 1.91. The van der Waals surface area contributed by atoms with Crippen molar-refractivity contribution in [3.8, 4) is 10.7 Å². The predicted molar refractivity (Wildman–Crippen MR) is 75.0 cm³/mol. The number of aliphatic hydroxyl groups excluding tert-OH is 1. The Morgan fingerprint density at radius 1 is 1.32 bits per heavy atom. The Kier molecular flexibility index (Phi) is 5.90.